The Morgan fingerprint density at radius 1 is 1.21 bits per heavy atom. The van der Waals surface area contributed by atoms with Crippen LogP contribution in [0.5, 0.6) is 0 Å². The van der Waals surface area contributed by atoms with Crippen LogP contribution in [0.25, 0.3) is 11.4 Å². The molecule has 0 aliphatic heterocycles. The van der Waals surface area contributed by atoms with E-state index in [9.17, 15) is 0 Å². The van der Waals surface area contributed by atoms with E-state index in [4.69, 9.17) is 12.2 Å². The average molecular weight is 290 g/mol. The van der Waals surface area contributed by atoms with Gasteiger partial charge in [0, 0.05) is 21.7 Å². The molecule has 0 aliphatic rings. The van der Waals surface area contributed by atoms with Crippen molar-refractivity contribution < 1.29 is 0 Å². The highest BCUT2D eigenvalue weighted by molar-refractivity contribution is 7.98. The maximum Gasteiger partial charge on any atom is 0.139 e. The number of aryl methyl sites for hydroxylation is 1. The van der Waals surface area contributed by atoms with E-state index in [0.717, 1.165) is 22.6 Å². The molecule has 0 radical (unpaired) electrons. The third-order valence-electron chi connectivity index (χ3n) is 3.09. The summed E-state index contributed by atoms with van der Waals surface area (Å²) in [5.41, 5.74) is 3.32. The first kappa shape index (κ1) is 14.3. The van der Waals surface area contributed by atoms with Crippen LogP contribution in [0.3, 0.4) is 0 Å². The number of hydrogen-bond donors (Lipinski definition) is 1. The number of rotatable bonds is 3. The minimum Gasteiger partial charge on any atom is -0.343 e. The van der Waals surface area contributed by atoms with Gasteiger partial charge in [0.1, 0.15) is 10.5 Å². The van der Waals surface area contributed by atoms with E-state index in [0.29, 0.717) is 10.6 Å². The molecular weight excluding hydrogens is 272 g/mol. The fourth-order valence-corrected chi connectivity index (χ4v) is 3.05. The molecule has 0 atom stereocenters. The third kappa shape index (κ3) is 3.07. The van der Waals surface area contributed by atoms with Crippen molar-refractivity contribution >= 4 is 24.0 Å². The predicted octanol–water partition coefficient (Wildman–Crippen LogP) is 4.96. The number of aromatic amines is 1. The minimum absolute atomic E-state index is 0.393. The van der Waals surface area contributed by atoms with Gasteiger partial charge in [0.15, 0.2) is 0 Å². The normalized spacial score (nSPS) is 11.0. The molecule has 100 valence electrons. The molecule has 4 heteroatoms. The summed E-state index contributed by atoms with van der Waals surface area (Å²) in [5.74, 6) is 1.24. The maximum atomic E-state index is 5.42. The zero-order valence-corrected chi connectivity index (χ0v) is 13.3. The topological polar surface area (TPSA) is 28.7 Å². The zero-order chi connectivity index (χ0) is 14.0. The second-order valence-electron chi connectivity index (χ2n) is 4.81. The summed E-state index contributed by atoms with van der Waals surface area (Å²) in [5, 5.41) is 0. The lowest BCUT2D eigenvalue weighted by Gasteiger charge is -2.11. The molecule has 0 saturated carbocycles. The van der Waals surface area contributed by atoms with Crippen molar-refractivity contribution in [3.8, 4) is 11.4 Å². The van der Waals surface area contributed by atoms with E-state index in [1.54, 1.807) is 11.8 Å². The number of H-pyrrole nitrogens is 1. The number of thioether (sulfide) groups is 1. The van der Waals surface area contributed by atoms with E-state index >= 15 is 0 Å². The SMILES string of the molecule is CSc1ccc(-c2nc(=S)c(C(C)C)c(C)[nH]2)cc1. The first-order valence-corrected chi connectivity index (χ1v) is 7.91. The second kappa shape index (κ2) is 5.88. The summed E-state index contributed by atoms with van der Waals surface area (Å²) in [6, 6.07) is 8.36. The van der Waals surface area contributed by atoms with Crippen LogP contribution >= 0.6 is 24.0 Å². The summed E-state index contributed by atoms with van der Waals surface area (Å²) >= 11 is 7.15. The van der Waals surface area contributed by atoms with Crippen molar-refractivity contribution in [2.75, 3.05) is 6.26 Å². The lowest BCUT2D eigenvalue weighted by Crippen LogP contribution is -2.01. The van der Waals surface area contributed by atoms with Crippen molar-refractivity contribution in [2.45, 2.75) is 31.6 Å². The molecule has 2 nitrogen and oxygen atoms in total. The van der Waals surface area contributed by atoms with Crippen LogP contribution in [0.1, 0.15) is 31.0 Å². The Kier molecular flexibility index (Phi) is 4.42. The Hall–Kier alpha value is -1.13. The number of aromatic nitrogens is 2. The van der Waals surface area contributed by atoms with Crippen molar-refractivity contribution in [3.63, 3.8) is 0 Å². The number of nitrogens with zero attached hydrogens (tertiary/aromatic N) is 1. The monoisotopic (exact) mass is 290 g/mol. The van der Waals surface area contributed by atoms with Crippen LogP contribution < -0.4 is 0 Å². The van der Waals surface area contributed by atoms with Gasteiger partial charge >= 0.3 is 0 Å². The van der Waals surface area contributed by atoms with Gasteiger partial charge in [0.25, 0.3) is 0 Å². The van der Waals surface area contributed by atoms with Crippen LogP contribution in [0, 0.1) is 11.6 Å². The fraction of sp³-hybridized carbons (Fsp3) is 0.333. The van der Waals surface area contributed by atoms with Gasteiger partial charge in [-0.25, -0.2) is 4.98 Å². The standard InChI is InChI=1S/C15H18N2S2/c1-9(2)13-10(3)16-14(17-15(13)18)11-5-7-12(19-4)8-6-11/h5-9H,1-4H3,(H,16,17,18). The van der Waals surface area contributed by atoms with Crippen LogP contribution in [-0.4, -0.2) is 16.2 Å². The van der Waals surface area contributed by atoms with Gasteiger partial charge in [-0.05, 0) is 31.2 Å². The molecule has 1 aromatic heterocycles. The molecule has 0 aliphatic carbocycles. The Bertz CT molecular complexity index is 628. The molecule has 0 spiro atoms. The molecule has 19 heavy (non-hydrogen) atoms. The minimum atomic E-state index is 0.393. The van der Waals surface area contributed by atoms with E-state index in [1.807, 2.05) is 0 Å². The number of nitrogens with one attached hydrogen (secondary N) is 1. The molecule has 0 bridgehead atoms. The largest absolute Gasteiger partial charge is 0.343 e. The maximum absolute atomic E-state index is 5.42. The van der Waals surface area contributed by atoms with Crippen LogP contribution in [0.2, 0.25) is 0 Å². The first-order valence-electron chi connectivity index (χ1n) is 6.28. The van der Waals surface area contributed by atoms with Gasteiger partial charge in [0.05, 0.1) is 0 Å². The van der Waals surface area contributed by atoms with Gasteiger partial charge in [-0.1, -0.05) is 38.2 Å². The molecule has 0 amide bonds. The van der Waals surface area contributed by atoms with Crippen LogP contribution in [0.4, 0.5) is 0 Å². The zero-order valence-electron chi connectivity index (χ0n) is 11.7. The average Bonchev–Trinajstić information content (AvgIpc) is 2.37. The molecule has 2 aromatic rings. The van der Waals surface area contributed by atoms with Crippen LogP contribution in [0.15, 0.2) is 29.2 Å². The van der Waals surface area contributed by atoms with Gasteiger partial charge in [-0.15, -0.1) is 11.8 Å². The lowest BCUT2D eigenvalue weighted by atomic mass is 10.0. The highest BCUT2D eigenvalue weighted by Crippen LogP contribution is 2.24. The highest BCUT2D eigenvalue weighted by Gasteiger charge is 2.10. The number of hydrogen-bond acceptors (Lipinski definition) is 3. The smallest absolute Gasteiger partial charge is 0.139 e. The van der Waals surface area contributed by atoms with Gasteiger partial charge < -0.3 is 4.98 Å². The van der Waals surface area contributed by atoms with E-state index in [1.165, 1.54) is 4.90 Å². The van der Waals surface area contributed by atoms with Gasteiger partial charge in [-0.2, -0.15) is 0 Å². The molecule has 0 saturated heterocycles. The Morgan fingerprint density at radius 3 is 2.32 bits per heavy atom. The number of benzene rings is 1. The van der Waals surface area contributed by atoms with Crippen molar-refractivity contribution in [2.24, 2.45) is 0 Å². The second-order valence-corrected chi connectivity index (χ2v) is 6.08. The third-order valence-corrected chi connectivity index (χ3v) is 4.15. The molecule has 1 aromatic carbocycles. The molecule has 1 N–H and O–H groups in total. The van der Waals surface area contributed by atoms with E-state index in [-0.39, 0.29) is 0 Å². The fourth-order valence-electron chi connectivity index (χ4n) is 2.16. The van der Waals surface area contributed by atoms with Crippen molar-refractivity contribution in [1.29, 1.82) is 0 Å². The summed E-state index contributed by atoms with van der Waals surface area (Å²) in [6.07, 6.45) is 2.07. The summed E-state index contributed by atoms with van der Waals surface area (Å²) < 4.78 is 0.704. The van der Waals surface area contributed by atoms with Crippen LogP contribution in [-0.2, 0) is 0 Å². The summed E-state index contributed by atoms with van der Waals surface area (Å²) in [4.78, 5) is 9.15. The summed E-state index contributed by atoms with van der Waals surface area (Å²) in [6.45, 7) is 6.34. The Labute approximate surface area is 123 Å². The Balaban J connectivity index is 2.49. The van der Waals surface area contributed by atoms with Gasteiger partial charge in [-0.3, -0.25) is 0 Å². The molecule has 0 unspecified atom stereocenters. The predicted molar refractivity (Wildman–Crippen MR) is 85.5 cm³/mol. The lowest BCUT2D eigenvalue weighted by molar-refractivity contribution is 0.825. The molecule has 0 fully saturated rings. The molecule has 2 rings (SSSR count). The quantitative estimate of drug-likeness (QED) is 0.640. The van der Waals surface area contributed by atoms with E-state index in [2.05, 4.69) is 61.3 Å². The van der Waals surface area contributed by atoms with Gasteiger partial charge in [0.2, 0.25) is 0 Å². The Morgan fingerprint density at radius 2 is 1.84 bits per heavy atom. The molecule has 1 heterocycles. The van der Waals surface area contributed by atoms with Crippen molar-refractivity contribution in [3.05, 3.63) is 40.2 Å². The van der Waals surface area contributed by atoms with Crippen molar-refractivity contribution in [1.82, 2.24) is 9.97 Å². The molecular formula is C15H18N2S2. The summed E-state index contributed by atoms with van der Waals surface area (Å²) in [7, 11) is 0. The van der Waals surface area contributed by atoms with E-state index < -0.39 is 0 Å². The first-order chi connectivity index (χ1) is 9.02. The highest BCUT2D eigenvalue weighted by atomic mass is 32.2.